The zero-order chi connectivity index (χ0) is 22.8. The van der Waals surface area contributed by atoms with Gasteiger partial charge in [0.2, 0.25) is 5.91 Å². The smallest absolute Gasteiger partial charge is 0.406 e. The van der Waals surface area contributed by atoms with E-state index in [9.17, 15) is 18.0 Å². The van der Waals surface area contributed by atoms with Crippen LogP contribution < -0.4 is 15.4 Å². The topological polar surface area (TPSA) is 68.5 Å². The van der Waals surface area contributed by atoms with E-state index in [0.717, 1.165) is 43.4 Å². The predicted octanol–water partition coefficient (Wildman–Crippen LogP) is 6.16. The summed E-state index contributed by atoms with van der Waals surface area (Å²) in [6.45, 7) is 0.444. The van der Waals surface area contributed by atoms with Gasteiger partial charge in [-0.15, -0.1) is 13.2 Å². The molecule has 1 fully saturated rings. The molecule has 9 heteroatoms. The number of hydrogen-bond donors (Lipinski definition) is 1. The summed E-state index contributed by atoms with van der Waals surface area (Å²) < 4.78 is 42.3. The largest absolute Gasteiger partial charge is 0.573 e. The molecule has 0 aliphatic heterocycles. The number of hydrogen-bond acceptors (Lipinski definition) is 5. The fourth-order valence-electron chi connectivity index (χ4n) is 4.28. The van der Waals surface area contributed by atoms with Crippen LogP contribution in [0.3, 0.4) is 0 Å². The highest BCUT2D eigenvalue weighted by Gasteiger charge is 2.36. The Morgan fingerprint density at radius 1 is 1.12 bits per heavy atom. The summed E-state index contributed by atoms with van der Waals surface area (Å²) in [5, 5.41) is 0.406. The zero-order valence-electron chi connectivity index (χ0n) is 17.4. The van der Waals surface area contributed by atoms with Crippen LogP contribution >= 0.6 is 11.3 Å². The number of halogens is 3. The van der Waals surface area contributed by atoms with Crippen molar-refractivity contribution in [1.82, 2.24) is 4.98 Å². The van der Waals surface area contributed by atoms with Gasteiger partial charge in [-0.05, 0) is 49.1 Å². The van der Waals surface area contributed by atoms with Gasteiger partial charge in [0.25, 0.3) is 0 Å². The van der Waals surface area contributed by atoms with Crippen molar-refractivity contribution in [3.63, 3.8) is 0 Å². The van der Waals surface area contributed by atoms with E-state index in [2.05, 4.69) is 9.72 Å². The van der Waals surface area contributed by atoms with Gasteiger partial charge in [-0.25, -0.2) is 4.98 Å². The highest BCUT2D eigenvalue weighted by atomic mass is 32.1. The number of benzene rings is 2. The van der Waals surface area contributed by atoms with Crippen LogP contribution in [0.4, 0.5) is 24.0 Å². The van der Waals surface area contributed by atoms with Gasteiger partial charge in [0.1, 0.15) is 5.75 Å². The second kappa shape index (κ2) is 9.07. The van der Waals surface area contributed by atoms with Crippen molar-refractivity contribution >= 4 is 38.3 Å². The van der Waals surface area contributed by atoms with Crippen molar-refractivity contribution in [3.05, 3.63) is 48.5 Å². The minimum atomic E-state index is -4.77. The van der Waals surface area contributed by atoms with E-state index in [-0.39, 0.29) is 17.1 Å². The molecular weight excluding hydrogens is 439 g/mol. The molecule has 2 aromatic carbocycles. The number of carbonyl (C=O) groups is 1. The Balaban J connectivity index is 1.69. The number of alkyl halides is 3. The number of ether oxygens (including phenoxy) is 1. The minimum Gasteiger partial charge on any atom is -0.406 e. The summed E-state index contributed by atoms with van der Waals surface area (Å²) in [6.07, 6.45) is 0.614. The molecule has 1 aliphatic rings. The van der Waals surface area contributed by atoms with Gasteiger partial charge >= 0.3 is 6.36 Å². The molecule has 1 aliphatic carbocycles. The molecule has 3 aromatic rings. The average Bonchev–Trinajstić information content (AvgIpc) is 3.16. The number of thiazole rings is 1. The third kappa shape index (κ3) is 5.05. The van der Waals surface area contributed by atoms with Crippen LogP contribution in [0, 0.1) is 5.41 Å². The lowest BCUT2D eigenvalue weighted by atomic mass is 9.71. The number of amides is 1. The molecule has 0 atom stereocenters. The molecule has 5 nitrogen and oxygen atoms in total. The van der Waals surface area contributed by atoms with E-state index in [1.807, 2.05) is 30.3 Å². The fourth-order valence-corrected chi connectivity index (χ4v) is 5.31. The van der Waals surface area contributed by atoms with E-state index in [1.54, 1.807) is 4.90 Å². The number of para-hydroxylation sites is 1. The monoisotopic (exact) mass is 463 g/mol. The van der Waals surface area contributed by atoms with Gasteiger partial charge in [-0.3, -0.25) is 9.69 Å². The third-order valence-corrected chi connectivity index (χ3v) is 6.91. The third-order valence-electron chi connectivity index (χ3n) is 5.91. The van der Waals surface area contributed by atoms with Crippen LogP contribution in [0.2, 0.25) is 0 Å². The summed E-state index contributed by atoms with van der Waals surface area (Å²) in [5.41, 5.74) is 7.03. The van der Waals surface area contributed by atoms with Crippen molar-refractivity contribution in [3.8, 4) is 5.75 Å². The van der Waals surface area contributed by atoms with Crippen LogP contribution in [-0.2, 0) is 4.79 Å². The van der Waals surface area contributed by atoms with Crippen molar-refractivity contribution < 1.29 is 22.7 Å². The Morgan fingerprint density at radius 2 is 1.84 bits per heavy atom. The number of aromatic nitrogens is 1. The number of nitrogens with two attached hydrogens (primary N) is 1. The highest BCUT2D eigenvalue weighted by Crippen LogP contribution is 2.41. The minimum absolute atomic E-state index is 0.116. The first-order valence-electron chi connectivity index (χ1n) is 10.5. The lowest BCUT2D eigenvalue weighted by Crippen LogP contribution is -2.39. The van der Waals surface area contributed by atoms with Crippen molar-refractivity contribution in [2.45, 2.75) is 44.9 Å². The molecule has 1 aromatic heterocycles. The molecule has 4 rings (SSSR count). The Bertz CT molecular complexity index is 1080. The molecule has 0 radical (unpaired) electrons. The van der Waals surface area contributed by atoms with E-state index in [0.29, 0.717) is 34.0 Å². The molecule has 170 valence electrons. The van der Waals surface area contributed by atoms with Gasteiger partial charge in [-0.1, -0.05) is 48.8 Å². The lowest BCUT2D eigenvalue weighted by molar-refractivity contribution is -0.274. The average molecular weight is 464 g/mol. The molecule has 0 saturated heterocycles. The molecule has 0 spiro atoms. The van der Waals surface area contributed by atoms with Crippen LogP contribution in [-0.4, -0.2) is 23.8 Å². The first kappa shape index (κ1) is 22.5. The number of carbonyl (C=O) groups excluding carboxylic acids is 1. The van der Waals surface area contributed by atoms with Gasteiger partial charge in [0.15, 0.2) is 5.13 Å². The molecule has 1 saturated carbocycles. The first-order valence-corrected chi connectivity index (χ1v) is 11.3. The van der Waals surface area contributed by atoms with Crippen molar-refractivity contribution in [1.29, 1.82) is 0 Å². The molecule has 0 bridgehead atoms. The maximum absolute atomic E-state index is 13.6. The van der Waals surface area contributed by atoms with E-state index in [1.165, 1.54) is 18.2 Å². The normalized spacial score (nSPS) is 16.1. The van der Waals surface area contributed by atoms with Gasteiger partial charge < -0.3 is 10.5 Å². The first-order chi connectivity index (χ1) is 15.3. The van der Waals surface area contributed by atoms with Gasteiger partial charge in [0.05, 0.1) is 15.9 Å². The molecule has 32 heavy (non-hydrogen) atoms. The molecular formula is C23H24F3N3O2S. The van der Waals surface area contributed by atoms with E-state index < -0.39 is 6.36 Å². The standard InChI is InChI=1S/C23H24F3N3O2S/c24-23(25,26)31-17-9-10-18-19(13-17)32-21(28-18)29(16-7-3-1-4-8-16)20(30)14-22(15-27)11-5-2-6-12-22/h1,3-4,7-10,13H,2,5-6,11-12,14-15,27H2. The fraction of sp³-hybridized carbons (Fsp3) is 0.391. The second-order valence-electron chi connectivity index (χ2n) is 8.18. The van der Waals surface area contributed by atoms with Crippen molar-refractivity contribution in [2.24, 2.45) is 11.1 Å². The van der Waals surface area contributed by atoms with Crippen molar-refractivity contribution in [2.75, 3.05) is 11.4 Å². The Labute approximate surface area is 188 Å². The molecule has 1 amide bonds. The summed E-state index contributed by atoms with van der Waals surface area (Å²) in [6, 6.07) is 13.1. The maximum atomic E-state index is 13.6. The molecule has 0 unspecified atom stereocenters. The summed E-state index contributed by atoms with van der Waals surface area (Å²) in [4.78, 5) is 19.7. The van der Waals surface area contributed by atoms with Gasteiger partial charge in [0, 0.05) is 12.5 Å². The van der Waals surface area contributed by atoms with E-state index >= 15 is 0 Å². The zero-order valence-corrected chi connectivity index (χ0v) is 18.2. The summed E-state index contributed by atoms with van der Waals surface area (Å²) in [5.74, 6) is -0.434. The Hall–Kier alpha value is -2.65. The SMILES string of the molecule is NCC1(CC(=O)N(c2ccccc2)c2nc3ccc(OC(F)(F)F)cc3s2)CCCCC1. The molecule has 2 N–H and O–H groups in total. The van der Waals surface area contributed by atoms with Crippen LogP contribution in [0.1, 0.15) is 38.5 Å². The quantitative estimate of drug-likeness (QED) is 0.475. The summed E-state index contributed by atoms with van der Waals surface area (Å²) >= 11 is 1.15. The lowest BCUT2D eigenvalue weighted by Gasteiger charge is -2.37. The highest BCUT2D eigenvalue weighted by molar-refractivity contribution is 7.22. The second-order valence-corrected chi connectivity index (χ2v) is 9.19. The Kier molecular flexibility index (Phi) is 6.39. The number of anilines is 2. The number of fused-ring (bicyclic) bond motifs is 1. The van der Waals surface area contributed by atoms with Crippen LogP contribution in [0.15, 0.2) is 48.5 Å². The van der Waals surface area contributed by atoms with E-state index in [4.69, 9.17) is 5.73 Å². The molecule has 1 heterocycles. The Morgan fingerprint density at radius 3 is 2.50 bits per heavy atom. The van der Waals surface area contributed by atoms with Crippen LogP contribution in [0.5, 0.6) is 5.75 Å². The maximum Gasteiger partial charge on any atom is 0.573 e. The summed E-state index contributed by atoms with van der Waals surface area (Å²) in [7, 11) is 0. The van der Waals surface area contributed by atoms with Gasteiger partial charge in [-0.2, -0.15) is 0 Å². The predicted molar refractivity (Wildman–Crippen MR) is 119 cm³/mol. The number of nitrogens with zero attached hydrogens (tertiary/aromatic N) is 2. The van der Waals surface area contributed by atoms with Crippen LogP contribution in [0.25, 0.3) is 10.2 Å². The number of rotatable bonds is 6.